The van der Waals surface area contributed by atoms with E-state index in [1.165, 1.54) is 32.1 Å². The van der Waals surface area contributed by atoms with Crippen LogP contribution in [0.4, 0.5) is 5.82 Å². The summed E-state index contributed by atoms with van der Waals surface area (Å²) in [5.41, 5.74) is 1.58. The number of fused-ring (bicyclic) bond motifs is 2. The number of piperidine rings is 1. The van der Waals surface area contributed by atoms with E-state index in [1.54, 1.807) is 6.33 Å². The highest BCUT2D eigenvalue weighted by molar-refractivity contribution is 6.28. The van der Waals surface area contributed by atoms with Crippen molar-refractivity contribution in [2.24, 2.45) is 5.92 Å². The summed E-state index contributed by atoms with van der Waals surface area (Å²) >= 11 is 6.04. The zero-order chi connectivity index (χ0) is 12.8. The number of nitrogens with zero attached hydrogens (tertiary/aromatic N) is 4. The number of aromatic nitrogens is 4. The molecule has 5 nitrogen and oxygen atoms in total. The third-order valence-corrected chi connectivity index (χ3v) is 4.67. The summed E-state index contributed by atoms with van der Waals surface area (Å²) in [5.74, 6) is 1.75. The normalized spacial score (nSPS) is 26.9. The molecule has 1 saturated heterocycles. The topological polar surface area (TPSA) is 57.7 Å². The van der Waals surface area contributed by atoms with Gasteiger partial charge in [0.2, 0.25) is 5.28 Å². The number of anilines is 1. The van der Waals surface area contributed by atoms with Gasteiger partial charge >= 0.3 is 0 Å². The van der Waals surface area contributed by atoms with Crippen molar-refractivity contribution in [3.05, 3.63) is 11.6 Å². The van der Waals surface area contributed by atoms with Gasteiger partial charge in [0, 0.05) is 12.6 Å². The van der Waals surface area contributed by atoms with Gasteiger partial charge in [-0.3, -0.25) is 0 Å². The second kappa shape index (κ2) is 4.34. The molecule has 2 aromatic rings. The Balaban J connectivity index is 1.82. The predicted octanol–water partition coefficient (Wildman–Crippen LogP) is 2.78. The van der Waals surface area contributed by atoms with E-state index < -0.39 is 0 Å². The Kier molecular flexibility index (Phi) is 2.62. The van der Waals surface area contributed by atoms with E-state index in [9.17, 15) is 0 Å². The van der Waals surface area contributed by atoms with E-state index in [1.807, 2.05) is 0 Å². The summed E-state index contributed by atoms with van der Waals surface area (Å²) in [4.78, 5) is 18.4. The maximum absolute atomic E-state index is 6.04. The average molecular weight is 278 g/mol. The van der Waals surface area contributed by atoms with Gasteiger partial charge in [-0.15, -0.1) is 0 Å². The predicted molar refractivity (Wildman–Crippen MR) is 74.4 cm³/mol. The molecule has 0 amide bonds. The van der Waals surface area contributed by atoms with Crippen molar-refractivity contribution in [3.63, 3.8) is 0 Å². The number of rotatable bonds is 1. The molecular weight excluding hydrogens is 262 g/mol. The maximum Gasteiger partial charge on any atom is 0.226 e. The van der Waals surface area contributed by atoms with E-state index >= 15 is 0 Å². The fraction of sp³-hybridized carbons (Fsp3) is 0.615. The van der Waals surface area contributed by atoms with Crippen LogP contribution in [0.1, 0.15) is 32.1 Å². The molecule has 0 bridgehead atoms. The van der Waals surface area contributed by atoms with Crippen molar-refractivity contribution < 1.29 is 0 Å². The summed E-state index contributed by atoms with van der Waals surface area (Å²) in [6, 6.07) is 0.617. The van der Waals surface area contributed by atoms with Crippen molar-refractivity contribution in [2.45, 2.75) is 38.1 Å². The monoisotopic (exact) mass is 277 g/mol. The Morgan fingerprint density at radius 1 is 1.21 bits per heavy atom. The van der Waals surface area contributed by atoms with Gasteiger partial charge in [-0.25, -0.2) is 4.98 Å². The van der Waals surface area contributed by atoms with Crippen LogP contribution in [0, 0.1) is 5.92 Å². The Bertz CT molecular complexity index is 610. The fourth-order valence-corrected chi connectivity index (χ4v) is 3.88. The zero-order valence-electron chi connectivity index (χ0n) is 10.6. The molecule has 2 atom stereocenters. The van der Waals surface area contributed by atoms with Crippen LogP contribution in [0.15, 0.2) is 6.33 Å². The minimum absolute atomic E-state index is 0.287. The number of nitrogens with one attached hydrogen (secondary N) is 1. The Hall–Kier alpha value is -1.36. The Labute approximate surface area is 116 Å². The van der Waals surface area contributed by atoms with Gasteiger partial charge in [0.1, 0.15) is 5.52 Å². The third kappa shape index (κ3) is 1.79. The summed E-state index contributed by atoms with van der Waals surface area (Å²) in [5, 5.41) is 0.287. The molecule has 1 saturated carbocycles. The first-order chi connectivity index (χ1) is 9.33. The van der Waals surface area contributed by atoms with Crippen molar-refractivity contribution in [2.75, 3.05) is 11.4 Å². The number of hydrogen-bond acceptors (Lipinski definition) is 4. The molecule has 6 heteroatoms. The molecule has 1 aliphatic heterocycles. The van der Waals surface area contributed by atoms with Crippen LogP contribution in [0.25, 0.3) is 11.2 Å². The van der Waals surface area contributed by atoms with E-state index in [0.717, 1.165) is 23.8 Å². The molecule has 2 aromatic heterocycles. The maximum atomic E-state index is 6.04. The molecule has 0 radical (unpaired) electrons. The van der Waals surface area contributed by atoms with Gasteiger partial charge in [0.15, 0.2) is 11.5 Å². The zero-order valence-corrected chi connectivity index (χ0v) is 11.4. The van der Waals surface area contributed by atoms with Gasteiger partial charge in [-0.1, -0.05) is 6.42 Å². The van der Waals surface area contributed by atoms with Gasteiger partial charge in [0.25, 0.3) is 0 Å². The molecule has 4 rings (SSSR count). The summed E-state index contributed by atoms with van der Waals surface area (Å²) < 4.78 is 0. The molecular formula is C13H16ClN5. The third-order valence-electron chi connectivity index (χ3n) is 4.50. The molecule has 100 valence electrons. The largest absolute Gasteiger partial charge is 0.351 e. The van der Waals surface area contributed by atoms with Gasteiger partial charge in [0.05, 0.1) is 6.33 Å². The Morgan fingerprint density at radius 2 is 2.11 bits per heavy atom. The first kappa shape index (κ1) is 11.5. The van der Waals surface area contributed by atoms with Crippen LogP contribution in [0.5, 0.6) is 0 Å². The number of hydrogen-bond donors (Lipinski definition) is 1. The molecule has 3 heterocycles. The number of aromatic amines is 1. The second-order valence-electron chi connectivity index (χ2n) is 5.51. The van der Waals surface area contributed by atoms with Crippen LogP contribution in [0.2, 0.25) is 5.28 Å². The highest BCUT2D eigenvalue weighted by Gasteiger charge is 2.36. The van der Waals surface area contributed by atoms with Crippen LogP contribution in [0.3, 0.4) is 0 Å². The van der Waals surface area contributed by atoms with Crippen molar-refractivity contribution in [3.8, 4) is 0 Å². The molecule has 0 spiro atoms. The van der Waals surface area contributed by atoms with E-state index in [4.69, 9.17) is 11.6 Å². The first-order valence-corrected chi connectivity index (χ1v) is 7.34. The molecule has 1 N–H and O–H groups in total. The molecule has 1 aliphatic carbocycles. The molecule has 2 fully saturated rings. The minimum Gasteiger partial charge on any atom is -0.351 e. The minimum atomic E-state index is 0.287. The highest BCUT2D eigenvalue weighted by atomic mass is 35.5. The SMILES string of the molecule is Clc1nc(N2CCCC3CCCC32)c2[nH]cnc2n1. The summed E-state index contributed by atoms with van der Waals surface area (Å²) in [6.45, 7) is 1.06. The average Bonchev–Trinajstić information content (AvgIpc) is 3.04. The lowest BCUT2D eigenvalue weighted by Gasteiger charge is -2.38. The molecule has 2 unspecified atom stereocenters. The van der Waals surface area contributed by atoms with Crippen LogP contribution < -0.4 is 4.90 Å². The van der Waals surface area contributed by atoms with Crippen LogP contribution in [-0.4, -0.2) is 32.5 Å². The quantitative estimate of drug-likeness (QED) is 0.815. The number of halogens is 1. The fourth-order valence-electron chi connectivity index (χ4n) is 3.72. The van der Waals surface area contributed by atoms with Crippen LogP contribution >= 0.6 is 11.6 Å². The second-order valence-corrected chi connectivity index (χ2v) is 5.85. The summed E-state index contributed by atoms with van der Waals surface area (Å²) in [6.07, 6.45) is 8.20. The summed E-state index contributed by atoms with van der Waals surface area (Å²) in [7, 11) is 0. The first-order valence-electron chi connectivity index (χ1n) is 6.96. The number of H-pyrrole nitrogens is 1. The molecule has 2 aliphatic rings. The Morgan fingerprint density at radius 3 is 3.05 bits per heavy atom. The van der Waals surface area contributed by atoms with Crippen molar-refractivity contribution >= 4 is 28.6 Å². The van der Waals surface area contributed by atoms with Crippen molar-refractivity contribution in [1.82, 2.24) is 19.9 Å². The van der Waals surface area contributed by atoms with E-state index in [0.29, 0.717) is 11.7 Å². The lowest BCUT2D eigenvalue weighted by atomic mass is 9.92. The van der Waals surface area contributed by atoms with E-state index in [2.05, 4.69) is 24.8 Å². The van der Waals surface area contributed by atoms with Gasteiger partial charge in [-0.05, 0) is 43.2 Å². The standard InChI is InChI=1S/C13H16ClN5/c14-13-17-11-10(15-7-16-11)12(18-13)19-6-2-4-8-3-1-5-9(8)19/h7-9H,1-6H2,(H,15,16,17,18). The van der Waals surface area contributed by atoms with E-state index in [-0.39, 0.29) is 5.28 Å². The lowest BCUT2D eigenvalue weighted by molar-refractivity contribution is 0.361. The van der Waals surface area contributed by atoms with Crippen LogP contribution in [-0.2, 0) is 0 Å². The van der Waals surface area contributed by atoms with Gasteiger partial charge in [-0.2, -0.15) is 9.97 Å². The highest BCUT2D eigenvalue weighted by Crippen LogP contribution is 2.39. The smallest absolute Gasteiger partial charge is 0.226 e. The molecule has 19 heavy (non-hydrogen) atoms. The lowest BCUT2D eigenvalue weighted by Crippen LogP contribution is -2.43. The number of imidazole rings is 1. The molecule has 0 aromatic carbocycles. The van der Waals surface area contributed by atoms with Crippen molar-refractivity contribution in [1.29, 1.82) is 0 Å². The van der Waals surface area contributed by atoms with Gasteiger partial charge < -0.3 is 9.88 Å².